The van der Waals surface area contributed by atoms with Gasteiger partial charge in [-0.3, -0.25) is 0 Å². The molecule has 1 aromatic rings. The quantitative estimate of drug-likeness (QED) is 0.821. The van der Waals surface area contributed by atoms with Crippen molar-refractivity contribution in [2.45, 2.75) is 31.7 Å². The smallest absolute Gasteiger partial charge is 0.0364 e. The topological polar surface area (TPSA) is 15.3 Å². The van der Waals surface area contributed by atoms with E-state index < -0.39 is 0 Å². The average molecular weight is 218 g/mol. The first kappa shape index (κ1) is 11.5. The van der Waals surface area contributed by atoms with Crippen molar-refractivity contribution in [3.63, 3.8) is 0 Å². The van der Waals surface area contributed by atoms with Crippen molar-refractivity contribution >= 4 is 5.69 Å². The minimum Gasteiger partial charge on any atom is -0.378 e. The second-order valence-electron chi connectivity index (χ2n) is 4.85. The molecular formula is C14H22N2. The van der Waals surface area contributed by atoms with Crippen molar-refractivity contribution in [3.8, 4) is 0 Å². The van der Waals surface area contributed by atoms with Gasteiger partial charge in [-0.05, 0) is 37.1 Å². The molecule has 1 aliphatic rings. The van der Waals surface area contributed by atoms with Gasteiger partial charge in [0.2, 0.25) is 0 Å². The third-order valence-corrected chi connectivity index (χ3v) is 3.35. The third-order valence-electron chi connectivity index (χ3n) is 3.35. The monoisotopic (exact) mass is 218 g/mol. The van der Waals surface area contributed by atoms with Crippen molar-refractivity contribution in [2.75, 3.05) is 25.5 Å². The fourth-order valence-corrected chi connectivity index (χ4v) is 2.33. The Hall–Kier alpha value is -1.02. The molecule has 2 heteroatoms. The summed E-state index contributed by atoms with van der Waals surface area (Å²) in [6.07, 6.45) is 5.32. The van der Waals surface area contributed by atoms with E-state index >= 15 is 0 Å². The molecule has 1 heterocycles. The Labute approximate surface area is 98.7 Å². The Morgan fingerprint density at radius 1 is 1.19 bits per heavy atom. The summed E-state index contributed by atoms with van der Waals surface area (Å²) < 4.78 is 0. The van der Waals surface area contributed by atoms with Crippen LogP contribution in [0.1, 0.15) is 37.3 Å². The Morgan fingerprint density at radius 3 is 2.88 bits per heavy atom. The highest BCUT2D eigenvalue weighted by Gasteiger charge is 2.13. The maximum absolute atomic E-state index is 3.65. The molecule has 1 N–H and O–H groups in total. The van der Waals surface area contributed by atoms with Crippen LogP contribution >= 0.6 is 0 Å². The van der Waals surface area contributed by atoms with Gasteiger partial charge in [-0.25, -0.2) is 0 Å². The van der Waals surface area contributed by atoms with Crippen LogP contribution in [0.25, 0.3) is 0 Å². The van der Waals surface area contributed by atoms with Crippen LogP contribution < -0.4 is 10.2 Å². The molecule has 2 rings (SSSR count). The van der Waals surface area contributed by atoms with Gasteiger partial charge < -0.3 is 10.2 Å². The largest absolute Gasteiger partial charge is 0.378 e. The normalized spacial score (nSPS) is 21.5. The highest BCUT2D eigenvalue weighted by Crippen LogP contribution is 2.25. The summed E-state index contributed by atoms with van der Waals surface area (Å²) >= 11 is 0. The van der Waals surface area contributed by atoms with Crippen molar-refractivity contribution in [1.82, 2.24) is 5.32 Å². The first-order valence-electron chi connectivity index (χ1n) is 6.28. The van der Waals surface area contributed by atoms with Crippen molar-refractivity contribution < 1.29 is 0 Å². The summed E-state index contributed by atoms with van der Waals surface area (Å²) in [5.74, 6) is 0. The second-order valence-corrected chi connectivity index (χ2v) is 4.85. The molecule has 0 radical (unpaired) electrons. The van der Waals surface area contributed by atoms with Gasteiger partial charge in [0.1, 0.15) is 0 Å². The maximum atomic E-state index is 3.65. The molecule has 0 saturated carbocycles. The van der Waals surface area contributed by atoms with Crippen LogP contribution in [0.5, 0.6) is 0 Å². The van der Waals surface area contributed by atoms with Gasteiger partial charge in [0.15, 0.2) is 0 Å². The summed E-state index contributed by atoms with van der Waals surface area (Å²) in [6, 6.07) is 9.44. The van der Waals surface area contributed by atoms with Crippen LogP contribution in [0, 0.1) is 0 Å². The van der Waals surface area contributed by atoms with Gasteiger partial charge in [-0.2, -0.15) is 0 Å². The Kier molecular flexibility index (Phi) is 3.83. The number of nitrogens with one attached hydrogen (secondary N) is 1. The molecule has 0 bridgehead atoms. The molecular weight excluding hydrogens is 196 g/mol. The Morgan fingerprint density at radius 2 is 2.06 bits per heavy atom. The zero-order valence-electron chi connectivity index (χ0n) is 10.4. The number of anilines is 1. The summed E-state index contributed by atoms with van der Waals surface area (Å²) in [7, 11) is 4.19. The molecule has 88 valence electrons. The van der Waals surface area contributed by atoms with E-state index in [1.165, 1.54) is 36.9 Å². The van der Waals surface area contributed by atoms with Crippen LogP contribution in [0.15, 0.2) is 24.3 Å². The summed E-state index contributed by atoms with van der Waals surface area (Å²) in [5, 5.41) is 3.65. The Bertz CT molecular complexity index is 325. The molecule has 1 unspecified atom stereocenters. The lowest BCUT2D eigenvalue weighted by atomic mass is 10.0. The predicted molar refractivity (Wildman–Crippen MR) is 70.0 cm³/mol. The second kappa shape index (κ2) is 5.35. The van der Waals surface area contributed by atoms with Crippen LogP contribution in [0.2, 0.25) is 0 Å². The van der Waals surface area contributed by atoms with Crippen molar-refractivity contribution in [2.24, 2.45) is 0 Å². The number of rotatable bonds is 2. The highest BCUT2D eigenvalue weighted by molar-refractivity contribution is 5.47. The molecule has 0 spiro atoms. The first-order chi connectivity index (χ1) is 7.77. The first-order valence-corrected chi connectivity index (χ1v) is 6.28. The van der Waals surface area contributed by atoms with E-state index in [4.69, 9.17) is 0 Å². The van der Waals surface area contributed by atoms with E-state index in [0.29, 0.717) is 6.04 Å². The molecule has 2 nitrogen and oxygen atoms in total. The number of hydrogen-bond donors (Lipinski definition) is 1. The SMILES string of the molecule is CN(C)c1cccc(C2CCCCCN2)c1. The number of benzene rings is 1. The predicted octanol–water partition coefficient (Wildman–Crippen LogP) is 2.96. The van der Waals surface area contributed by atoms with Gasteiger partial charge in [0, 0.05) is 25.8 Å². The molecule has 1 fully saturated rings. The zero-order valence-corrected chi connectivity index (χ0v) is 10.4. The minimum atomic E-state index is 0.558. The standard InChI is InChI=1S/C14H22N2/c1-16(2)13-8-6-7-12(11-13)14-9-4-3-5-10-15-14/h6-8,11,14-15H,3-5,9-10H2,1-2H3. The summed E-state index contributed by atoms with van der Waals surface area (Å²) in [6.45, 7) is 1.16. The minimum absolute atomic E-state index is 0.558. The molecule has 0 aliphatic carbocycles. The average Bonchev–Trinajstić information content (AvgIpc) is 2.57. The van der Waals surface area contributed by atoms with Gasteiger partial charge in [-0.1, -0.05) is 25.0 Å². The van der Waals surface area contributed by atoms with E-state index in [2.05, 4.69) is 48.6 Å². The lowest BCUT2D eigenvalue weighted by Crippen LogP contribution is -2.20. The molecule has 1 saturated heterocycles. The molecule has 16 heavy (non-hydrogen) atoms. The van der Waals surface area contributed by atoms with Crippen molar-refractivity contribution in [1.29, 1.82) is 0 Å². The van der Waals surface area contributed by atoms with Crippen LogP contribution in [0.3, 0.4) is 0 Å². The van der Waals surface area contributed by atoms with Crippen LogP contribution in [-0.4, -0.2) is 20.6 Å². The van der Waals surface area contributed by atoms with Gasteiger partial charge >= 0.3 is 0 Å². The molecule has 0 aromatic heterocycles. The van der Waals surface area contributed by atoms with E-state index in [9.17, 15) is 0 Å². The van der Waals surface area contributed by atoms with Gasteiger partial charge in [-0.15, -0.1) is 0 Å². The van der Waals surface area contributed by atoms with E-state index in [1.54, 1.807) is 0 Å². The zero-order chi connectivity index (χ0) is 11.4. The molecule has 1 aromatic carbocycles. The Balaban J connectivity index is 2.15. The lowest BCUT2D eigenvalue weighted by molar-refractivity contribution is 0.535. The fourth-order valence-electron chi connectivity index (χ4n) is 2.33. The van der Waals surface area contributed by atoms with Gasteiger partial charge in [0.05, 0.1) is 0 Å². The number of hydrogen-bond acceptors (Lipinski definition) is 2. The molecule has 1 aliphatic heterocycles. The molecule has 0 amide bonds. The maximum Gasteiger partial charge on any atom is 0.0364 e. The van der Waals surface area contributed by atoms with Crippen LogP contribution in [0.4, 0.5) is 5.69 Å². The van der Waals surface area contributed by atoms with Gasteiger partial charge in [0.25, 0.3) is 0 Å². The number of nitrogens with zero attached hydrogens (tertiary/aromatic N) is 1. The fraction of sp³-hybridized carbons (Fsp3) is 0.571. The highest BCUT2D eigenvalue weighted by atomic mass is 15.1. The van der Waals surface area contributed by atoms with Crippen molar-refractivity contribution in [3.05, 3.63) is 29.8 Å². The third kappa shape index (κ3) is 2.76. The van der Waals surface area contributed by atoms with Crippen LogP contribution in [-0.2, 0) is 0 Å². The summed E-state index contributed by atoms with van der Waals surface area (Å²) in [4.78, 5) is 2.17. The van der Waals surface area contributed by atoms with E-state index in [1.807, 2.05) is 0 Å². The lowest BCUT2D eigenvalue weighted by Gasteiger charge is -2.19. The summed E-state index contributed by atoms with van der Waals surface area (Å²) in [5.41, 5.74) is 2.73. The molecule has 1 atom stereocenters. The van der Waals surface area contributed by atoms with E-state index in [0.717, 1.165) is 6.54 Å². The van der Waals surface area contributed by atoms with E-state index in [-0.39, 0.29) is 0 Å².